The average molecular weight is 531 g/mol. The molecular weight excluding hydrogens is 501 g/mol. The molecule has 1 aromatic heterocycles. The van der Waals surface area contributed by atoms with Gasteiger partial charge in [0.2, 0.25) is 0 Å². The van der Waals surface area contributed by atoms with Crippen LogP contribution in [0.5, 0.6) is 0 Å². The van der Waals surface area contributed by atoms with Crippen molar-refractivity contribution < 1.29 is 27.9 Å². The van der Waals surface area contributed by atoms with E-state index in [-0.39, 0.29) is 23.8 Å². The Morgan fingerprint density at radius 2 is 1.79 bits per heavy atom. The summed E-state index contributed by atoms with van der Waals surface area (Å²) in [4.78, 5) is 24.8. The van der Waals surface area contributed by atoms with Crippen LogP contribution in [-0.4, -0.2) is 57.6 Å². The zero-order chi connectivity index (χ0) is 27.1. The first-order chi connectivity index (χ1) is 18.2. The van der Waals surface area contributed by atoms with E-state index in [2.05, 4.69) is 21.0 Å². The van der Waals surface area contributed by atoms with Gasteiger partial charge in [0.15, 0.2) is 0 Å². The number of hydrogen-bond donors (Lipinski definition) is 4. The number of nitrogens with zero attached hydrogens (tertiary/aromatic N) is 3. The third kappa shape index (κ3) is 7.17. The first-order valence-corrected chi connectivity index (χ1v) is 12.2. The second kappa shape index (κ2) is 11.9. The molecule has 4 rings (SSSR count). The first kappa shape index (κ1) is 26.8. The lowest BCUT2D eigenvalue weighted by molar-refractivity contribution is -0.138. The molecule has 202 valence electrons. The van der Waals surface area contributed by atoms with Crippen molar-refractivity contribution in [3.05, 3.63) is 77.6 Å². The summed E-state index contributed by atoms with van der Waals surface area (Å²) in [5, 5.41) is 21.0. The minimum absolute atomic E-state index is 0.0134. The molecule has 3 aromatic rings. The zero-order valence-electron chi connectivity index (χ0n) is 20.5. The maximum absolute atomic E-state index is 13.7. The van der Waals surface area contributed by atoms with E-state index in [1.807, 2.05) is 24.3 Å². The SMILES string of the molecule is O=C(O)NCCc1ccc(NC2CCN(C(=O)NCc3ccc(-n4cccn4)cc3C(F)(F)F)CC2)cc1. The minimum Gasteiger partial charge on any atom is -0.465 e. The van der Waals surface area contributed by atoms with E-state index in [0.29, 0.717) is 38.9 Å². The van der Waals surface area contributed by atoms with E-state index in [0.717, 1.165) is 17.3 Å². The van der Waals surface area contributed by atoms with Crippen molar-refractivity contribution in [2.75, 3.05) is 25.0 Å². The number of alkyl halides is 3. The molecule has 1 aliphatic heterocycles. The van der Waals surface area contributed by atoms with E-state index in [1.54, 1.807) is 23.2 Å². The van der Waals surface area contributed by atoms with Gasteiger partial charge in [-0.25, -0.2) is 14.3 Å². The predicted octanol–water partition coefficient (Wildman–Crippen LogP) is 4.49. The molecule has 0 radical (unpaired) electrons. The van der Waals surface area contributed by atoms with Gasteiger partial charge in [-0.2, -0.15) is 18.3 Å². The quantitative estimate of drug-likeness (QED) is 0.343. The number of piperidine rings is 1. The molecule has 12 heteroatoms. The molecule has 1 saturated heterocycles. The minimum atomic E-state index is -4.57. The molecule has 3 amide bonds. The monoisotopic (exact) mass is 530 g/mol. The van der Waals surface area contributed by atoms with Crippen LogP contribution in [0.15, 0.2) is 60.9 Å². The van der Waals surface area contributed by atoms with E-state index in [4.69, 9.17) is 5.11 Å². The van der Waals surface area contributed by atoms with Gasteiger partial charge in [0.25, 0.3) is 0 Å². The lowest BCUT2D eigenvalue weighted by atomic mass is 10.0. The lowest BCUT2D eigenvalue weighted by Gasteiger charge is -2.33. The third-order valence-electron chi connectivity index (χ3n) is 6.39. The molecule has 0 bridgehead atoms. The number of rotatable bonds is 8. The topological polar surface area (TPSA) is 112 Å². The fourth-order valence-electron chi connectivity index (χ4n) is 4.37. The van der Waals surface area contributed by atoms with Crippen LogP contribution >= 0.6 is 0 Å². The first-order valence-electron chi connectivity index (χ1n) is 12.2. The van der Waals surface area contributed by atoms with Crippen molar-refractivity contribution in [1.29, 1.82) is 0 Å². The Morgan fingerprint density at radius 1 is 1.05 bits per heavy atom. The average Bonchev–Trinajstić information content (AvgIpc) is 3.43. The largest absolute Gasteiger partial charge is 0.465 e. The molecule has 0 saturated carbocycles. The highest BCUT2D eigenvalue weighted by Gasteiger charge is 2.34. The molecule has 0 aliphatic carbocycles. The van der Waals surface area contributed by atoms with Gasteiger partial charge in [-0.1, -0.05) is 18.2 Å². The van der Waals surface area contributed by atoms with E-state index in [9.17, 15) is 22.8 Å². The van der Waals surface area contributed by atoms with Crippen LogP contribution in [0.4, 0.5) is 28.4 Å². The van der Waals surface area contributed by atoms with Crippen LogP contribution in [0.2, 0.25) is 0 Å². The zero-order valence-corrected chi connectivity index (χ0v) is 20.5. The summed E-state index contributed by atoms with van der Waals surface area (Å²) in [7, 11) is 0. The van der Waals surface area contributed by atoms with Crippen LogP contribution in [-0.2, 0) is 19.1 Å². The maximum Gasteiger partial charge on any atom is 0.416 e. The van der Waals surface area contributed by atoms with Gasteiger partial charge in [-0.15, -0.1) is 0 Å². The van der Waals surface area contributed by atoms with Gasteiger partial charge in [-0.3, -0.25) is 0 Å². The molecule has 2 heterocycles. The van der Waals surface area contributed by atoms with Gasteiger partial charge >= 0.3 is 18.3 Å². The van der Waals surface area contributed by atoms with Crippen molar-refractivity contribution in [2.24, 2.45) is 0 Å². The molecule has 0 unspecified atom stereocenters. The number of carbonyl (C=O) groups excluding carboxylic acids is 1. The molecule has 9 nitrogen and oxygen atoms in total. The normalized spacial score (nSPS) is 14.2. The Morgan fingerprint density at radius 3 is 2.42 bits per heavy atom. The Labute approximate surface area is 217 Å². The Bertz CT molecular complexity index is 1220. The summed E-state index contributed by atoms with van der Waals surface area (Å²) >= 11 is 0. The fourth-order valence-corrected chi connectivity index (χ4v) is 4.37. The van der Waals surface area contributed by atoms with E-state index < -0.39 is 23.9 Å². The number of nitrogens with one attached hydrogen (secondary N) is 3. The molecule has 0 atom stereocenters. The Balaban J connectivity index is 1.26. The molecule has 4 N–H and O–H groups in total. The number of urea groups is 1. The molecule has 1 fully saturated rings. The van der Waals surface area contributed by atoms with Crippen molar-refractivity contribution in [1.82, 2.24) is 25.3 Å². The van der Waals surface area contributed by atoms with Gasteiger partial charge in [0.05, 0.1) is 11.3 Å². The van der Waals surface area contributed by atoms with Crippen molar-refractivity contribution >= 4 is 17.8 Å². The lowest BCUT2D eigenvalue weighted by Crippen LogP contribution is -2.46. The highest BCUT2D eigenvalue weighted by atomic mass is 19.4. The maximum atomic E-state index is 13.7. The van der Waals surface area contributed by atoms with Gasteiger partial charge in [0.1, 0.15) is 0 Å². The van der Waals surface area contributed by atoms with Gasteiger partial charge in [-0.05, 0) is 60.7 Å². The molecule has 2 aromatic carbocycles. The van der Waals surface area contributed by atoms with Crippen LogP contribution in [0.1, 0.15) is 29.5 Å². The van der Waals surface area contributed by atoms with E-state index in [1.165, 1.54) is 16.9 Å². The standard InChI is InChI=1S/C26H29F3N6O3/c27-26(28,29)23-16-22(35-13-1-11-32-35)7-4-19(23)17-31-24(36)34-14-9-21(10-15-34)33-20-5-2-18(3-6-20)8-12-30-25(37)38/h1-7,11,13,16,21,30,33H,8-10,12,14-15,17H2,(H,31,36)(H,37,38). The van der Waals surface area contributed by atoms with Crippen LogP contribution < -0.4 is 16.0 Å². The Kier molecular flexibility index (Phi) is 8.39. The Hall–Kier alpha value is -4.22. The number of anilines is 1. The van der Waals surface area contributed by atoms with Gasteiger partial charge in [0, 0.05) is 50.3 Å². The molecular formula is C26H29F3N6O3. The summed E-state index contributed by atoms with van der Waals surface area (Å²) in [6, 6.07) is 13.1. The van der Waals surface area contributed by atoms with Gasteiger partial charge < -0.3 is 26.0 Å². The van der Waals surface area contributed by atoms with Crippen LogP contribution in [0.3, 0.4) is 0 Å². The molecule has 0 spiro atoms. The van der Waals surface area contributed by atoms with Crippen molar-refractivity contribution in [3.8, 4) is 5.69 Å². The second-order valence-corrected chi connectivity index (χ2v) is 9.03. The summed E-state index contributed by atoms with van der Waals surface area (Å²) in [6.07, 6.45) is -0.572. The number of halogens is 3. The number of amides is 3. The van der Waals surface area contributed by atoms with Crippen molar-refractivity contribution in [2.45, 2.75) is 38.0 Å². The number of hydrogen-bond acceptors (Lipinski definition) is 4. The highest BCUT2D eigenvalue weighted by Crippen LogP contribution is 2.33. The third-order valence-corrected chi connectivity index (χ3v) is 6.39. The predicted molar refractivity (Wildman–Crippen MR) is 135 cm³/mol. The van der Waals surface area contributed by atoms with E-state index >= 15 is 0 Å². The number of carboxylic acid groups (broad SMARTS) is 1. The van der Waals surface area contributed by atoms with Crippen molar-refractivity contribution in [3.63, 3.8) is 0 Å². The smallest absolute Gasteiger partial charge is 0.416 e. The summed E-state index contributed by atoms with van der Waals surface area (Å²) in [6.45, 7) is 1.07. The summed E-state index contributed by atoms with van der Waals surface area (Å²) in [5.41, 5.74) is 1.41. The summed E-state index contributed by atoms with van der Waals surface area (Å²) < 4.78 is 42.4. The summed E-state index contributed by atoms with van der Waals surface area (Å²) in [5.74, 6) is 0. The fraction of sp³-hybridized carbons (Fsp3) is 0.346. The van der Waals surface area contributed by atoms with Crippen LogP contribution in [0.25, 0.3) is 5.69 Å². The molecule has 38 heavy (non-hydrogen) atoms. The number of likely N-dealkylation sites (tertiary alicyclic amines) is 1. The highest BCUT2D eigenvalue weighted by molar-refractivity contribution is 5.74. The van der Waals surface area contributed by atoms with Crippen LogP contribution in [0, 0.1) is 0 Å². The molecule has 1 aliphatic rings. The number of benzene rings is 2. The second-order valence-electron chi connectivity index (χ2n) is 9.03. The number of carbonyl (C=O) groups is 2. The number of aromatic nitrogens is 2.